The van der Waals surface area contributed by atoms with Gasteiger partial charge in [-0.15, -0.1) is 0 Å². The summed E-state index contributed by atoms with van der Waals surface area (Å²) in [6, 6.07) is 5.55. The van der Waals surface area contributed by atoms with Crippen LogP contribution in [0.4, 0.5) is 11.9 Å². The first-order chi connectivity index (χ1) is 13.3. The summed E-state index contributed by atoms with van der Waals surface area (Å²) >= 11 is 0. The van der Waals surface area contributed by atoms with Crippen molar-refractivity contribution in [1.29, 1.82) is 0 Å². The third-order valence-corrected chi connectivity index (χ3v) is 4.99. The smallest absolute Gasteiger partial charge is 0.230 e. The molecule has 144 valence electrons. The van der Waals surface area contributed by atoms with E-state index in [1.165, 1.54) is 12.8 Å². The molecule has 27 heavy (non-hydrogen) atoms. The zero-order valence-corrected chi connectivity index (χ0v) is 15.5. The second-order valence-corrected chi connectivity index (χ2v) is 6.93. The normalized spacial score (nSPS) is 18.4. The van der Waals surface area contributed by atoms with Crippen molar-refractivity contribution in [3.05, 3.63) is 23.9 Å². The zero-order valence-electron chi connectivity index (χ0n) is 15.5. The Bertz CT molecular complexity index is 758. The molecule has 8 nitrogen and oxygen atoms in total. The maximum absolute atomic E-state index is 9.41. The predicted molar refractivity (Wildman–Crippen MR) is 103 cm³/mol. The third-order valence-electron chi connectivity index (χ3n) is 4.99. The fourth-order valence-corrected chi connectivity index (χ4v) is 3.48. The van der Waals surface area contributed by atoms with Crippen molar-refractivity contribution in [1.82, 2.24) is 19.9 Å². The molecule has 0 atom stereocenters. The van der Waals surface area contributed by atoms with Gasteiger partial charge in [0, 0.05) is 26.2 Å². The number of anilines is 2. The Kier molecular flexibility index (Phi) is 5.74. The Balaban J connectivity index is 1.73. The van der Waals surface area contributed by atoms with Crippen molar-refractivity contribution in [3.8, 4) is 11.5 Å². The van der Waals surface area contributed by atoms with Crippen molar-refractivity contribution >= 4 is 11.9 Å². The molecule has 1 N–H and O–H groups in total. The summed E-state index contributed by atoms with van der Waals surface area (Å²) in [6.45, 7) is 4.73. The SMILES string of the molecule is OCc1cccc(-c2nc(N3CCCCCC3)nc(N3CCOCC3)n2)n1. The van der Waals surface area contributed by atoms with Crippen LogP contribution in [0, 0.1) is 0 Å². The van der Waals surface area contributed by atoms with E-state index in [0.29, 0.717) is 36.4 Å². The molecular weight excluding hydrogens is 344 g/mol. The van der Waals surface area contributed by atoms with E-state index in [9.17, 15) is 5.11 Å². The number of rotatable bonds is 4. The lowest BCUT2D eigenvalue weighted by Crippen LogP contribution is -2.38. The molecule has 0 bridgehead atoms. The predicted octanol–water partition coefficient (Wildman–Crippen LogP) is 1.64. The quantitative estimate of drug-likeness (QED) is 0.869. The summed E-state index contributed by atoms with van der Waals surface area (Å²) in [4.78, 5) is 23.1. The minimum atomic E-state index is -0.103. The Morgan fingerprint density at radius 1 is 0.815 bits per heavy atom. The molecule has 0 spiro atoms. The maximum Gasteiger partial charge on any atom is 0.230 e. The number of nitrogens with zero attached hydrogens (tertiary/aromatic N) is 6. The first-order valence-electron chi connectivity index (χ1n) is 9.74. The van der Waals surface area contributed by atoms with Crippen LogP contribution >= 0.6 is 0 Å². The lowest BCUT2D eigenvalue weighted by atomic mass is 10.2. The standard InChI is InChI=1S/C19H26N6O2/c26-14-15-6-5-7-16(20-15)17-21-18(24-8-3-1-2-4-9-24)23-19(22-17)25-10-12-27-13-11-25/h5-7,26H,1-4,8-14H2. The molecule has 2 fully saturated rings. The molecule has 0 amide bonds. The lowest BCUT2D eigenvalue weighted by Gasteiger charge is -2.28. The first-order valence-corrected chi connectivity index (χ1v) is 9.74. The van der Waals surface area contributed by atoms with Crippen LogP contribution < -0.4 is 9.80 Å². The number of hydrogen-bond acceptors (Lipinski definition) is 8. The molecule has 0 aliphatic carbocycles. The van der Waals surface area contributed by atoms with Gasteiger partial charge in [-0.05, 0) is 25.0 Å². The van der Waals surface area contributed by atoms with Crippen molar-refractivity contribution in [2.75, 3.05) is 49.2 Å². The molecule has 2 aliphatic heterocycles. The second kappa shape index (κ2) is 8.58. The van der Waals surface area contributed by atoms with E-state index in [0.717, 1.165) is 45.0 Å². The summed E-state index contributed by atoms with van der Waals surface area (Å²) in [5.41, 5.74) is 1.27. The summed E-state index contributed by atoms with van der Waals surface area (Å²) in [5, 5.41) is 9.41. The van der Waals surface area contributed by atoms with Gasteiger partial charge in [0.2, 0.25) is 11.9 Å². The van der Waals surface area contributed by atoms with E-state index >= 15 is 0 Å². The molecule has 8 heteroatoms. The van der Waals surface area contributed by atoms with Crippen LogP contribution in [0.2, 0.25) is 0 Å². The third kappa shape index (κ3) is 4.33. The van der Waals surface area contributed by atoms with Crippen LogP contribution in [0.1, 0.15) is 31.4 Å². The molecule has 2 aromatic heterocycles. The Morgan fingerprint density at radius 2 is 1.48 bits per heavy atom. The minimum absolute atomic E-state index is 0.103. The first kappa shape index (κ1) is 18.1. The fraction of sp³-hybridized carbons (Fsp3) is 0.579. The van der Waals surface area contributed by atoms with E-state index in [1.807, 2.05) is 12.1 Å². The molecule has 0 radical (unpaired) electrons. The van der Waals surface area contributed by atoms with Gasteiger partial charge in [-0.1, -0.05) is 18.9 Å². The summed E-state index contributed by atoms with van der Waals surface area (Å²) < 4.78 is 5.47. The van der Waals surface area contributed by atoms with Gasteiger partial charge in [-0.3, -0.25) is 0 Å². The molecule has 4 rings (SSSR count). The van der Waals surface area contributed by atoms with E-state index < -0.39 is 0 Å². The monoisotopic (exact) mass is 370 g/mol. The number of hydrogen-bond donors (Lipinski definition) is 1. The fourth-order valence-electron chi connectivity index (χ4n) is 3.48. The van der Waals surface area contributed by atoms with Gasteiger partial charge in [-0.25, -0.2) is 4.98 Å². The van der Waals surface area contributed by atoms with Crippen molar-refractivity contribution < 1.29 is 9.84 Å². The number of pyridine rings is 1. The van der Waals surface area contributed by atoms with Gasteiger partial charge in [0.25, 0.3) is 0 Å². The molecule has 0 aromatic carbocycles. The van der Waals surface area contributed by atoms with Gasteiger partial charge >= 0.3 is 0 Å². The number of aromatic nitrogens is 4. The molecular formula is C19H26N6O2. The van der Waals surface area contributed by atoms with Gasteiger partial charge in [0.15, 0.2) is 5.82 Å². The highest BCUT2D eigenvalue weighted by Gasteiger charge is 2.21. The average molecular weight is 370 g/mol. The zero-order chi connectivity index (χ0) is 18.5. The highest BCUT2D eigenvalue weighted by atomic mass is 16.5. The second-order valence-electron chi connectivity index (χ2n) is 6.93. The summed E-state index contributed by atoms with van der Waals surface area (Å²) in [7, 11) is 0. The number of ether oxygens (including phenoxy) is 1. The van der Waals surface area contributed by atoms with Gasteiger partial charge < -0.3 is 19.6 Å². The van der Waals surface area contributed by atoms with Crippen molar-refractivity contribution in [2.24, 2.45) is 0 Å². The topological polar surface area (TPSA) is 87.5 Å². The van der Waals surface area contributed by atoms with Gasteiger partial charge in [-0.2, -0.15) is 15.0 Å². The maximum atomic E-state index is 9.41. The Labute approximate surface area is 159 Å². The summed E-state index contributed by atoms with van der Waals surface area (Å²) in [6.07, 6.45) is 4.83. The van der Waals surface area contributed by atoms with Crippen LogP contribution in [0.25, 0.3) is 11.5 Å². The van der Waals surface area contributed by atoms with Crippen molar-refractivity contribution in [2.45, 2.75) is 32.3 Å². The number of aliphatic hydroxyl groups is 1. The highest BCUT2D eigenvalue weighted by molar-refractivity contribution is 5.55. The van der Waals surface area contributed by atoms with Crippen molar-refractivity contribution in [3.63, 3.8) is 0 Å². The van der Waals surface area contributed by atoms with E-state index in [2.05, 4.69) is 14.8 Å². The Hall–Kier alpha value is -2.32. The molecule has 0 unspecified atom stereocenters. The van der Waals surface area contributed by atoms with Crippen LogP contribution in [0.15, 0.2) is 18.2 Å². The van der Waals surface area contributed by atoms with Crippen LogP contribution in [-0.4, -0.2) is 64.4 Å². The van der Waals surface area contributed by atoms with Gasteiger partial charge in [0.1, 0.15) is 5.69 Å². The molecule has 4 heterocycles. The molecule has 2 aromatic rings. The average Bonchev–Trinajstić information content (AvgIpc) is 3.04. The highest BCUT2D eigenvalue weighted by Crippen LogP contribution is 2.23. The molecule has 2 aliphatic rings. The Morgan fingerprint density at radius 3 is 2.15 bits per heavy atom. The van der Waals surface area contributed by atoms with Crippen LogP contribution in [-0.2, 0) is 11.3 Å². The molecule has 0 saturated carbocycles. The largest absolute Gasteiger partial charge is 0.390 e. The van der Waals surface area contributed by atoms with Crippen LogP contribution in [0.3, 0.4) is 0 Å². The van der Waals surface area contributed by atoms with E-state index in [1.54, 1.807) is 6.07 Å². The lowest BCUT2D eigenvalue weighted by molar-refractivity contribution is 0.122. The van der Waals surface area contributed by atoms with E-state index in [4.69, 9.17) is 19.7 Å². The number of aliphatic hydroxyl groups excluding tert-OH is 1. The van der Waals surface area contributed by atoms with Crippen LogP contribution in [0.5, 0.6) is 0 Å². The molecule has 2 saturated heterocycles. The number of morpholine rings is 1. The van der Waals surface area contributed by atoms with E-state index in [-0.39, 0.29) is 6.61 Å². The summed E-state index contributed by atoms with van der Waals surface area (Å²) in [5.74, 6) is 1.96. The minimum Gasteiger partial charge on any atom is -0.390 e. The van der Waals surface area contributed by atoms with Gasteiger partial charge in [0.05, 0.1) is 25.5 Å².